The first-order chi connectivity index (χ1) is 11.2. The molecule has 1 saturated heterocycles. The van der Waals surface area contributed by atoms with E-state index in [1.165, 1.54) is 12.1 Å². The molecular formula is C17H26FN3O2. The normalized spacial score (nSPS) is 18.2. The SMILES string of the molecule is CN=C(NCCOCC1CCCO1)N(C)Cc1ccc(F)cc1. The van der Waals surface area contributed by atoms with Gasteiger partial charge in [0, 0.05) is 33.8 Å². The predicted molar refractivity (Wildman–Crippen MR) is 89.0 cm³/mol. The van der Waals surface area contributed by atoms with Gasteiger partial charge in [-0.3, -0.25) is 4.99 Å². The number of halogens is 1. The molecule has 1 unspecified atom stereocenters. The first-order valence-electron chi connectivity index (χ1n) is 8.04. The van der Waals surface area contributed by atoms with Gasteiger partial charge in [-0.15, -0.1) is 0 Å². The summed E-state index contributed by atoms with van der Waals surface area (Å²) >= 11 is 0. The second-order valence-electron chi connectivity index (χ2n) is 5.67. The molecule has 1 aromatic carbocycles. The number of nitrogens with one attached hydrogen (secondary N) is 1. The van der Waals surface area contributed by atoms with Crippen molar-refractivity contribution in [2.45, 2.75) is 25.5 Å². The smallest absolute Gasteiger partial charge is 0.193 e. The number of guanidine groups is 1. The highest BCUT2D eigenvalue weighted by atomic mass is 19.1. The molecule has 1 aliphatic heterocycles. The number of hydrogen-bond donors (Lipinski definition) is 1. The largest absolute Gasteiger partial charge is 0.377 e. The van der Waals surface area contributed by atoms with Gasteiger partial charge >= 0.3 is 0 Å². The molecule has 0 radical (unpaired) electrons. The Morgan fingerprint density at radius 2 is 2.22 bits per heavy atom. The summed E-state index contributed by atoms with van der Waals surface area (Å²) in [6.45, 7) is 3.48. The molecule has 23 heavy (non-hydrogen) atoms. The Hall–Kier alpha value is -1.66. The van der Waals surface area contributed by atoms with Crippen molar-refractivity contribution >= 4 is 5.96 Å². The molecular weight excluding hydrogens is 297 g/mol. The lowest BCUT2D eigenvalue weighted by molar-refractivity contribution is 0.0190. The average Bonchev–Trinajstić information content (AvgIpc) is 3.06. The number of aliphatic imine (C=N–C) groups is 1. The van der Waals surface area contributed by atoms with Crippen LogP contribution in [0.1, 0.15) is 18.4 Å². The second-order valence-corrected chi connectivity index (χ2v) is 5.67. The molecule has 6 heteroatoms. The lowest BCUT2D eigenvalue weighted by atomic mass is 10.2. The van der Waals surface area contributed by atoms with Crippen LogP contribution in [0.4, 0.5) is 4.39 Å². The van der Waals surface area contributed by atoms with E-state index in [1.807, 2.05) is 11.9 Å². The minimum atomic E-state index is -0.220. The van der Waals surface area contributed by atoms with E-state index in [4.69, 9.17) is 9.47 Å². The van der Waals surface area contributed by atoms with E-state index in [1.54, 1.807) is 19.2 Å². The summed E-state index contributed by atoms with van der Waals surface area (Å²) in [6, 6.07) is 6.50. The van der Waals surface area contributed by atoms with Crippen molar-refractivity contribution in [3.05, 3.63) is 35.6 Å². The van der Waals surface area contributed by atoms with Crippen LogP contribution in [-0.2, 0) is 16.0 Å². The van der Waals surface area contributed by atoms with Gasteiger partial charge in [-0.1, -0.05) is 12.1 Å². The zero-order valence-electron chi connectivity index (χ0n) is 13.9. The van der Waals surface area contributed by atoms with E-state index >= 15 is 0 Å². The van der Waals surface area contributed by atoms with Crippen molar-refractivity contribution in [2.24, 2.45) is 4.99 Å². The fourth-order valence-electron chi connectivity index (χ4n) is 2.55. The van der Waals surface area contributed by atoms with Gasteiger partial charge in [-0.2, -0.15) is 0 Å². The molecule has 0 aliphatic carbocycles. The number of hydrogen-bond acceptors (Lipinski definition) is 3. The molecule has 5 nitrogen and oxygen atoms in total. The van der Waals surface area contributed by atoms with Crippen molar-refractivity contribution in [3.8, 4) is 0 Å². The van der Waals surface area contributed by atoms with Gasteiger partial charge in [0.05, 0.1) is 19.3 Å². The van der Waals surface area contributed by atoms with Crippen LogP contribution in [0.25, 0.3) is 0 Å². The molecule has 128 valence electrons. The quantitative estimate of drug-likeness (QED) is 0.474. The molecule has 1 N–H and O–H groups in total. The average molecular weight is 323 g/mol. The van der Waals surface area contributed by atoms with Crippen LogP contribution in [0, 0.1) is 5.82 Å². The standard InChI is InChI=1S/C17H26FN3O2/c1-19-17(20-9-11-22-13-16-4-3-10-23-16)21(2)12-14-5-7-15(18)8-6-14/h5-8,16H,3-4,9-13H2,1-2H3,(H,19,20). The molecule has 0 amide bonds. The molecule has 0 spiro atoms. The summed E-state index contributed by atoms with van der Waals surface area (Å²) in [4.78, 5) is 6.25. The number of ether oxygens (including phenoxy) is 2. The van der Waals surface area contributed by atoms with Crippen molar-refractivity contribution < 1.29 is 13.9 Å². The van der Waals surface area contributed by atoms with E-state index in [0.717, 1.165) is 31.0 Å². The van der Waals surface area contributed by atoms with Crippen molar-refractivity contribution in [1.82, 2.24) is 10.2 Å². The van der Waals surface area contributed by atoms with Gasteiger partial charge in [0.15, 0.2) is 5.96 Å². The minimum absolute atomic E-state index is 0.220. The number of benzene rings is 1. The monoisotopic (exact) mass is 323 g/mol. The summed E-state index contributed by atoms with van der Waals surface area (Å²) in [5, 5.41) is 3.26. The first-order valence-corrected chi connectivity index (χ1v) is 8.04. The summed E-state index contributed by atoms with van der Waals surface area (Å²) in [5.41, 5.74) is 1.03. The molecule has 0 aromatic heterocycles. The molecule has 0 bridgehead atoms. The molecule has 2 rings (SSSR count). The zero-order valence-corrected chi connectivity index (χ0v) is 13.9. The van der Waals surface area contributed by atoms with E-state index in [-0.39, 0.29) is 11.9 Å². The highest BCUT2D eigenvalue weighted by Crippen LogP contribution is 2.11. The Kier molecular flexibility index (Phi) is 7.29. The lowest BCUT2D eigenvalue weighted by Crippen LogP contribution is -2.40. The van der Waals surface area contributed by atoms with Gasteiger partial charge < -0.3 is 19.7 Å². The zero-order chi connectivity index (χ0) is 16.5. The Balaban J connectivity index is 1.66. The van der Waals surface area contributed by atoms with Crippen molar-refractivity contribution in [3.63, 3.8) is 0 Å². The van der Waals surface area contributed by atoms with E-state index in [2.05, 4.69) is 10.3 Å². The summed E-state index contributed by atoms with van der Waals surface area (Å²) in [7, 11) is 3.70. The van der Waals surface area contributed by atoms with Crippen LogP contribution < -0.4 is 5.32 Å². The fraction of sp³-hybridized carbons (Fsp3) is 0.588. The summed E-state index contributed by atoms with van der Waals surface area (Å²) in [5.74, 6) is 0.567. The Morgan fingerprint density at radius 1 is 1.43 bits per heavy atom. The Bertz CT molecular complexity index is 487. The van der Waals surface area contributed by atoms with Crippen LogP contribution in [0.3, 0.4) is 0 Å². The van der Waals surface area contributed by atoms with Gasteiger partial charge in [0.25, 0.3) is 0 Å². The van der Waals surface area contributed by atoms with Crippen LogP contribution in [0.15, 0.2) is 29.3 Å². The molecule has 0 saturated carbocycles. The molecule has 1 atom stereocenters. The maximum Gasteiger partial charge on any atom is 0.193 e. The summed E-state index contributed by atoms with van der Waals surface area (Å²) in [6.07, 6.45) is 2.48. The molecule has 1 aromatic rings. The minimum Gasteiger partial charge on any atom is -0.377 e. The van der Waals surface area contributed by atoms with Crippen LogP contribution in [0.2, 0.25) is 0 Å². The van der Waals surface area contributed by atoms with Crippen molar-refractivity contribution in [1.29, 1.82) is 0 Å². The third kappa shape index (κ3) is 6.15. The topological polar surface area (TPSA) is 46.1 Å². The van der Waals surface area contributed by atoms with Crippen molar-refractivity contribution in [2.75, 3.05) is 40.5 Å². The predicted octanol–water partition coefficient (Wildman–Crippen LogP) is 2.03. The maximum absolute atomic E-state index is 12.9. The van der Waals surface area contributed by atoms with Gasteiger partial charge in [0.2, 0.25) is 0 Å². The van der Waals surface area contributed by atoms with Crippen LogP contribution in [-0.4, -0.2) is 57.4 Å². The highest BCUT2D eigenvalue weighted by Gasteiger charge is 2.15. The van der Waals surface area contributed by atoms with Crippen LogP contribution >= 0.6 is 0 Å². The van der Waals surface area contributed by atoms with E-state index < -0.39 is 0 Å². The Morgan fingerprint density at radius 3 is 2.87 bits per heavy atom. The highest BCUT2D eigenvalue weighted by molar-refractivity contribution is 5.79. The molecule has 1 aliphatic rings. The number of rotatable bonds is 7. The van der Waals surface area contributed by atoms with Gasteiger partial charge in [-0.25, -0.2) is 4.39 Å². The third-order valence-corrected chi connectivity index (χ3v) is 3.76. The number of nitrogens with zero attached hydrogens (tertiary/aromatic N) is 2. The fourth-order valence-corrected chi connectivity index (χ4v) is 2.55. The summed E-state index contributed by atoms with van der Waals surface area (Å²) < 4.78 is 24.1. The molecule has 1 fully saturated rings. The maximum atomic E-state index is 12.9. The van der Waals surface area contributed by atoms with Gasteiger partial charge in [0.1, 0.15) is 5.82 Å². The Labute approximate surface area is 137 Å². The molecule has 1 heterocycles. The van der Waals surface area contributed by atoms with E-state index in [0.29, 0.717) is 26.3 Å². The van der Waals surface area contributed by atoms with Crippen LogP contribution in [0.5, 0.6) is 0 Å². The van der Waals surface area contributed by atoms with E-state index in [9.17, 15) is 4.39 Å². The lowest BCUT2D eigenvalue weighted by Gasteiger charge is -2.22. The second kappa shape index (κ2) is 9.47. The first kappa shape index (κ1) is 17.7. The van der Waals surface area contributed by atoms with Gasteiger partial charge in [-0.05, 0) is 30.5 Å². The third-order valence-electron chi connectivity index (χ3n) is 3.76.